The Morgan fingerprint density at radius 2 is 2.27 bits per heavy atom. The molecule has 1 unspecified atom stereocenters. The monoisotopic (exact) mass is 180 g/mol. The van der Waals surface area contributed by atoms with Crippen LogP contribution in [0.25, 0.3) is 0 Å². The van der Waals surface area contributed by atoms with Gasteiger partial charge in [-0.25, -0.2) is 0 Å². The number of thiol groups is 1. The van der Waals surface area contributed by atoms with Crippen LogP contribution in [-0.4, -0.2) is 36.3 Å². The molecular formula is C6H12O4S. The third-order valence-corrected chi connectivity index (χ3v) is 1.17. The molecule has 0 amide bonds. The SMILES string of the molecule is CC(=O)OCCOC(S)CO. The molecule has 0 rings (SSSR count). The van der Waals surface area contributed by atoms with Crippen LogP contribution >= 0.6 is 12.6 Å². The summed E-state index contributed by atoms with van der Waals surface area (Å²) in [6.07, 6.45) is 0. The van der Waals surface area contributed by atoms with Crippen molar-refractivity contribution in [2.75, 3.05) is 19.8 Å². The minimum Gasteiger partial charge on any atom is -0.463 e. The summed E-state index contributed by atoms with van der Waals surface area (Å²) in [6.45, 7) is 1.63. The van der Waals surface area contributed by atoms with Gasteiger partial charge in [0.05, 0.1) is 13.2 Å². The summed E-state index contributed by atoms with van der Waals surface area (Å²) in [6, 6.07) is 0. The Hall–Kier alpha value is -0.260. The van der Waals surface area contributed by atoms with Crippen LogP contribution in [-0.2, 0) is 14.3 Å². The highest BCUT2D eigenvalue weighted by Crippen LogP contribution is 1.94. The lowest BCUT2D eigenvalue weighted by Gasteiger charge is -2.08. The number of carbonyl (C=O) groups excluding carboxylic acids is 1. The maximum absolute atomic E-state index is 10.2. The largest absolute Gasteiger partial charge is 0.463 e. The predicted molar refractivity (Wildman–Crippen MR) is 42.4 cm³/mol. The van der Waals surface area contributed by atoms with Crippen LogP contribution in [0.3, 0.4) is 0 Å². The summed E-state index contributed by atoms with van der Waals surface area (Å²) in [5.74, 6) is -0.340. The molecule has 0 aromatic carbocycles. The van der Waals surface area contributed by atoms with Crippen LogP contribution in [0.4, 0.5) is 0 Å². The summed E-state index contributed by atoms with van der Waals surface area (Å²) >= 11 is 3.84. The van der Waals surface area contributed by atoms with Crippen LogP contribution in [0.1, 0.15) is 6.92 Å². The number of ether oxygens (including phenoxy) is 2. The van der Waals surface area contributed by atoms with E-state index in [0.29, 0.717) is 0 Å². The molecule has 0 saturated carbocycles. The van der Waals surface area contributed by atoms with Crippen LogP contribution in [0.15, 0.2) is 0 Å². The molecule has 0 aliphatic carbocycles. The summed E-state index contributed by atoms with van der Waals surface area (Å²) in [5, 5.41) is 8.43. The maximum atomic E-state index is 10.2. The van der Waals surface area contributed by atoms with Crippen LogP contribution in [0, 0.1) is 0 Å². The van der Waals surface area contributed by atoms with Crippen molar-refractivity contribution in [3.8, 4) is 0 Å². The van der Waals surface area contributed by atoms with Gasteiger partial charge in [-0.05, 0) is 0 Å². The van der Waals surface area contributed by atoms with Gasteiger partial charge >= 0.3 is 5.97 Å². The molecule has 0 aromatic heterocycles. The zero-order chi connectivity index (χ0) is 8.69. The number of rotatable bonds is 5. The fourth-order valence-electron chi connectivity index (χ4n) is 0.422. The van der Waals surface area contributed by atoms with Crippen LogP contribution < -0.4 is 0 Å². The van der Waals surface area contributed by atoms with Gasteiger partial charge in [-0.2, -0.15) is 0 Å². The molecule has 5 heteroatoms. The first kappa shape index (κ1) is 10.7. The molecule has 0 fully saturated rings. The van der Waals surface area contributed by atoms with E-state index < -0.39 is 5.44 Å². The number of aliphatic hydroxyl groups excluding tert-OH is 1. The lowest BCUT2D eigenvalue weighted by atomic mass is 10.7. The van der Waals surface area contributed by atoms with Crippen molar-refractivity contribution in [1.82, 2.24) is 0 Å². The van der Waals surface area contributed by atoms with E-state index in [-0.39, 0.29) is 25.8 Å². The van der Waals surface area contributed by atoms with E-state index in [1.807, 2.05) is 0 Å². The van der Waals surface area contributed by atoms with Gasteiger partial charge in [-0.15, -0.1) is 12.6 Å². The van der Waals surface area contributed by atoms with Gasteiger partial charge in [-0.1, -0.05) is 0 Å². The Bertz CT molecular complexity index is 117. The van der Waals surface area contributed by atoms with Gasteiger partial charge in [0.25, 0.3) is 0 Å². The molecule has 0 bridgehead atoms. The van der Waals surface area contributed by atoms with Crippen molar-refractivity contribution >= 4 is 18.6 Å². The minimum atomic E-state index is -0.495. The first-order valence-electron chi connectivity index (χ1n) is 3.20. The van der Waals surface area contributed by atoms with Gasteiger partial charge in [-0.3, -0.25) is 4.79 Å². The van der Waals surface area contributed by atoms with E-state index in [1.54, 1.807) is 0 Å². The average Bonchev–Trinajstić information content (AvgIpc) is 1.97. The molecule has 1 atom stereocenters. The highest BCUT2D eigenvalue weighted by Gasteiger charge is 1.99. The van der Waals surface area contributed by atoms with Gasteiger partial charge in [0, 0.05) is 6.92 Å². The smallest absolute Gasteiger partial charge is 0.302 e. The second kappa shape index (κ2) is 6.45. The number of hydrogen-bond acceptors (Lipinski definition) is 5. The first-order valence-corrected chi connectivity index (χ1v) is 3.72. The normalized spacial score (nSPS) is 12.6. The molecule has 0 saturated heterocycles. The standard InChI is InChI=1S/C6H12O4S/c1-5(8)9-2-3-10-6(11)4-7/h6-7,11H,2-4H2,1H3. The Kier molecular flexibility index (Phi) is 6.30. The summed E-state index contributed by atoms with van der Waals surface area (Å²) in [4.78, 5) is 10.2. The van der Waals surface area contributed by atoms with Crippen molar-refractivity contribution in [2.24, 2.45) is 0 Å². The van der Waals surface area contributed by atoms with Gasteiger partial charge in [0.15, 0.2) is 0 Å². The minimum absolute atomic E-state index is 0.150. The van der Waals surface area contributed by atoms with Crippen molar-refractivity contribution in [3.63, 3.8) is 0 Å². The van der Waals surface area contributed by atoms with Gasteiger partial charge < -0.3 is 14.6 Å². The summed E-state index contributed by atoms with van der Waals surface area (Å²) < 4.78 is 9.44. The average molecular weight is 180 g/mol. The number of hydrogen-bond donors (Lipinski definition) is 2. The van der Waals surface area contributed by atoms with Crippen LogP contribution in [0.2, 0.25) is 0 Å². The summed E-state index contributed by atoms with van der Waals surface area (Å²) in [5.41, 5.74) is -0.495. The van der Waals surface area contributed by atoms with E-state index in [9.17, 15) is 4.79 Å². The highest BCUT2D eigenvalue weighted by atomic mass is 32.1. The molecule has 11 heavy (non-hydrogen) atoms. The molecule has 4 nitrogen and oxygen atoms in total. The Labute approximate surface area is 70.9 Å². The highest BCUT2D eigenvalue weighted by molar-refractivity contribution is 7.80. The van der Waals surface area contributed by atoms with Crippen molar-refractivity contribution < 1.29 is 19.4 Å². The summed E-state index contributed by atoms with van der Waals surface area (Å²) in [7, 11) is 0. The molecule has 66 valence electrons. The van der Waals surface area contributed by atoms with Gasteiger partial charge in [0.1, 0.15) is 12.0 Å². The number of carbonyl (C=O) groups is 1. The van der Waals surface area contributed by atoms with E-state index >= 15 is 0 Å². The first-order chi connectivity index (χ1) is 5.16. The van der Waals surface area contributed by atoms with Crippen molar-refractivity contribution in [1.29, 1.82) is 0 Å². The molecule has 0 aromatic rings. The maximum Gasteiger partial charge on any atom is 0.302 e. The molecule has 1 N–H and O–H groups in total. The van der Waals surface area contributed by atoms with Crippen LogP contribution in [0.5, 0.6) is 0 Å². The lowest BCUT2D eigenvalue weighted by molar-refractivity contribution is -0.142. The fraction of sp³-hybridized carbons (Fsp3) is 0.833. The fourth-order valence-corrected chi connectivity index (χ4v) is 0.528. The molecule has 0 spiro atoms. The zero-order valence-electron chi connectivity index (χ0n) is 6.32. The molecule has 0 aliphatic heterocycles. The third kappa shape index (κ3) is 7.64. The molecule has 0 aliphatic rings. The van der Waals surface area contributed by atoms with E-state index in [0.717, 1.165) is 0 Å². The quantitative estimate of drug-likeness (QED) is 0.266. The Balaban J connectivity index is 3.08. The van der Waals surface area contributed by atoms with Gasteiger partial charge in [0.2, 0.25) is 0 Å². The second-order valence-electron chi connectivity index (χ2n) is 1.85. The lowest BCUT2D eigenvalue weighted by Crippen LogP contribution is -2.15. The van der Waals surface area contributed by atoms with E-state index in [2.05, 4.69) is 17.4 Å². The Morgan fingerprint density at radius 3 is 2.73 bits per heavy atom. The van der Waals surface area contributed by atoms with E-state index in [4.69, 9.17) is 9.84 Å². The second-order valence-corrected chi connectivity index (χ2v) is 2.42. The number of aliphatic hydroxyl groups is 1. The number of esters is 1. The molecule has 0 radical (unpaired) electrons. The van der Waals surface area contributed by atoms with Crippen molar-refractivity contribution in [3.05, 3.63) is 0 Å². The predicted octanol–water partition coefficient (Wildman–Crippen LogP) is -0.186. The Morgan fingerprint density at radius 1 is 1.64 bits per heavy atom. The molecule has 0 heterocycles. The van der Waals surface area contributed by atoms with Crippen molar-refractivity contribution in [2.45, 2.75) is 12.4 Å². The topological polar surface area (TPSA) is 55.8 Å². The third-order valence-electron chi connectivity index (χ3n) is 0.855. The van der Waals surface area contributed by atoms with E-state index in [1.165, 1.54) is 6.92 Å². The zero-order valence-corrected chi connectivity index (χ0v) is 7.21. The molecular weight excluding hydrogens is 168 g/mol.